The van der Waals surface area contributed by atoms with Crippen molar-refractivity contribution in [3.63, 3.8) is 0 Å². The van der Waals surface area contributed by atoms with Crippen molar-refractivity contribution in [2.75, 3.05) is 6.61 Å². The molecule has 2 atom stereocenters. The van der Waals surface area contributed by atoms with Crippen LogP contribution in [0.25, 0.3) is 0 Å². The van der Waals surface area contributed by atoms with Crippen molar-refractivity contribution >= 4 is 5.91 Å². The number of hydrogen-bond acceptors (Lipinski definition) is 3. The average Bonchev–Trinajstić information content (AvgIpc) is 3.22. The summed E-state index contributed by atoms with van der Waals surface area (Å²) in [7, 11) is 0. The molecule has 4 heteroatoms. The fourth-order valence-corrected chi connectivity index (χ4v) is 8.48. The van der Waals surface area contributed by atoms with Crippen LogP contribution in [0.2, 0.25) is 0 Å². The molecule has 0 aromatic carbocycles. The second kappa shape index (κ2) is 49.5. The normalized spacial score (nSPS) is 12.8. The van der Waals surface area contributed by atoms with Crippen molar-refractivity contribution in [3.05, 3.63) is 12.2 Å². The second-order valence-electron chi connectivity index (χ2n) is 18.3. The minimum atomic E-state index is -0.656. The number of rotatable bonds is 49. The zero-order valence-electron chi connectivity index (χ0n) is 39.1. The molecule has 0 aromatic heterocycles. The van der Waals surface area contributed by atoms with Crippen molar-refractivity contribution in [3.8, 4) is 0 Å². The Morgan fingerprint density at radius 1 is 0.404 bits per heavy atom. The molecule has 0 aliphatic carbocycles. The summed E-state index contributed by atoms with van der Waals surface area (Å²) in [6.45, 7) is 4.39. The number of carbonyl (C=O) groups is 1. The quantitative estimate of drug-likeness (QED) is 0.0424. The molecule has 4 nitrogen and oxygen atoms in total. The van der Waals surface area contributed by atoms with Crippen molar-refractivity contribution in [2.45, 2.75) is 315 Å². The Balaban J connectivity index is 3.43. The Hall–Kier alpha value is -0.870. The molecule has 0 aliphatic rings. The highest BCUT2D eigenvalue weighted by molar-refractivity contribution is 5.76. The molecule has 0 aliphatic heterocycles. The van der Waals surface area contributed by atoms with E-state index in [0.717, 1.165) is 25.7 Å². The molecule has 1 amide bonds. The highest BCUT2D eigenvalue weighted by atomic mass is 16.3. The standard InChI is InChI=1S/C53H105NO3/c1-3-5-7-9-11-13-15-17-19-21-22-23-24-25-26-27-28-29-30-31-33-35-37-39-41-43-45-47-49-53(57)54-51(50-55)52(56)48-46-44-42-40-38-36-34-32-20-18-16-14-12-10-8-6-4-2/h25-26,51-52,55-56H,3-24,27-50H2,1-2H3,(H,54,57)/b26-25-. The molecule has 0 saturated heterocycles. The minimum Gasteiger partial charge on any atom is -0.394 e. The van der Waals surface area contributed by atoms with Gasteiger partial charge in [-0.3, -0.25) is 4.79 Å². The van der Waals surface area contributed by atoms with E-state index in [1.807, 2.05) is 0 Å². The molecule has 2 unspecified atom stereocenters. The number of nitrogens with one attached hydrogen (secondary N) is 1. The van der Waals surface area contributed by atoms with Crippen LogP contribution in [0.4, 0.5) is 0 Å². The maximum Gasteiger partial charge on any atom is 0.220 e. The Bertz CT molecular complexity index is 784. The van der Waals surface area contributed by atoms with Crippen LogP contribution >= 0.6 is 0 Å². The maximum absolute atomic E-state index is 12.5. The molecule has 0 radical (unpaired) electrons. The van der Waals surface area contributed by atoms with Gasteiger partial charge in [0, 0.05) is 6.42 Å². The molecule has 340 valence electrons. The van der Waals surface area contributed by atoms with Gasteiger partial charge in [0.1, 0.15) is 0 Å². The van der Waals surface area contributed by atoms with E-state index in [1.54, 1.807) is 0 Å². The van der Waals surface area contributed by atoms with Crippen molar-refractivity contribution in [1.29, 1.82) is 0 Å². The first-order valence-electron chi connectivity index (χ1n) is 26.4. The number of amides is 1. The van der Waals surface area contributed by atoms with E-state index in [4.69, 9.17) is 0 Å². The summed E-state index contributed by atoms with van der Waals surface area (Å²) < 4.78 is 0. The van der Waals surface area contributed by atoms with Crippen LogP contribution in [0.3, 0.4) is 0 Å². The third-order valence-electron chi connectivity index (χ3n) is 12.5. The predicted octanol–water partition coefficient (Wildman–Crippen LogP) is 17.0. The SMILES string of the molecule is CCCCCCCCCCCCCC/C=C\CCCCCCCCCCCCCCC(=O)NC(CO)C(O)CCCCCCCCCCCCCCCCCCC. The van der Waals surface area contributed by atoms with Crippen LogP contribution in [-0.4, -0.2) is 34.9 Å². The molecule has 0 rings (SSSR count). The lowest BCUT2D eigenvalue weighted by Gasteiger charge is -2.22. The molecule has 0 aromatic rings. The summed E-state index contributed by atoms with van der Waals surface area (Å²) in [5.41, 5.74) is 0. The zero-order valence-corrected chi connectivity index (χ0v) is 39.1. The van der Waals surface area contributed by atoms with Crippen LogP contribution in [0.15, 0.2) is 12.2 Å². The molecule has 0 bridgehead atoms. The average molecular weight is 804 g/mol. The molecule has 0 saturated carbocycles. The summed E-state index contributed by atoms with van der Waals surface area (Å²) >= 11 is 0. The topological polar surface area (TPSA) is 69.6 Å². The van der Waals surface area contributed by atoms with Crippen LogP contribution in [0.1, 0.15) is 303 Å². The van der Waals surface area contributed by atoms with E-state index < -0.39 is 12.1 Å². The number of allylic oxidation sites excluding steroid dienone is 2. The smallest absolute Gasteiger partial charge is 0.220 e. The van der Waals surface area contributed by atoms with Gasteiger partial charge >= 0.3 is 0 Å². The van der Waals surface area contributed by atoms with Gasteiger partial charge < -0.3 is 15.5 Å². The fourth-order valence-electron chi connectivity index (χ4n) is 8.48. The highest BCUT2D eigenvalue weighted by Crippen LogP contribution is 2.17. The van der Waals surface area contributed by atoms with Gasteiger partial charge in [-0.05, 0) is 38.5 Å². The van der Waals surface area contributed by atoms with Crippen LogP contribution in [-0.2, 0) is 4.79 Å². The largest absolute Gasteiger partial charge is 0.394 e. The maximum atomic E-state index is 12.5. The lowest BCUT2D eigenvalue weighted by Crippen LogP contribution is -2.45. The Morgan fingerprint density at radius 3 is 0.965 bits per heavy atom. The van der Waals surface area contributed by atoms with Crippen LogP contribution in [0.5, 0.6) is 0 Å². The lowest BCUT2D eigenvalue weighted by atomic mass is 10.0. The first-order valence-corrected chi connectivity index (χ1v) is 26.4. The van der Waals surface area contributed by atoms with Crippen molar-refractivity contribution < 1.29 is 15.0 Å². The van der Waals surface area contributed by atoms with E-state index in [9.17, 15) is 15.0 Å². The number of aliphatic hydroxyl groups excluding tert-OH is 2. The van der Waals surface area contributed by atoms with Gasteiger partial charge in [-0.1, -0.05) is 270 Å². The molecular formula is C53H105NO3. The molecule has 57 heavy (non-hydrogen) atoms. The summed E-state index contributed by atoms with van der Waals surface area (Å²) in [4.78, 5) is 12.5. The molecule has 0 spiro atoms. The van der Waals surface area contributed by atoms with Gasteiger partial charge in [0.25, 0.3) is 0 Å². The zero-order chi connectivity index (χ0) is 41.4. The Labute approximate surface area is 358 Å². The highest BCUT2D eigenvalue weighted by Gasteiger charge is 2.20. The van der Waals surface area contributed by atoms with E-state index in [2.05, 4.69) is 31.3 Å². The minimum absolute atomic E-state index is 0.0265. The summed E-state index contributed by atoms with van der Waals surface area (Å²) in [5.74, 6) is -0.0265. The Kier molecular flexibility index (Phi) is 48.7. The number of aliphatic hydroxyl groups is 2. The lowest BCUT2D eigenvalue weighted by molar-refractivity contribution is -0.123. The van der Waals surface area contributed by atoms with E-state index in [1.165, 1.54) is 250 Å². The molecular weight excluding hydrogens is 699 g/mol. The monoisotopic (exact) mass is 804 g/mol. The predicted molar refractivity (Wildman–Crippen MR) is 253 cm³/mol. The Morgan fingerprint density at radius 2 is 0.667 bits per heavy atom. The van der Waals surface area contributed by atoms with Crippen LogP contribution < -0.4 is 5.32 Å². The van der Waals surface area contributed by atoms with Gasteiger partial charge in [-0.15, -0.1) is 0 Å². The summed E-state index contributed by atoms with van der Waals surface area (Å²) in [5, 5.41) is 23.3. The van der Waals surface area contributed by atoms with Gasteiger partial charge in [0.15, 0.2) is 0 Å². The van der Waals surface area contributed by atoms with Crippen molar-refractivity contribution in [2.24, 2.45) is 0 Å². The third kappa shape index (κ3) is 46.1. The van der Waals surface area contributed by atoms with Gasteiger partial charge in [0.05, 0.1) is 18.8 Å². The summed E-state index contributed by atoms with van der Waals surface area (Å²) in [6, 6.07) is -0.533. The van der Waals surface area contributed by atoms with Gasteiger partial charge in [-0.2, -0.15) is 0 Å². The van der Waals surface area contributed by atoms with Gasteiger partial charge in [-0.25, -0.2) is 0 Å². The molecule has 3 N–H and O–H groups in total. The van der Waals surface area contributed by atoms with Gasteiger partial charge in [0.2, 0.25) is 5.91 Å². The molecule has 0 heterocycles. The first-order chi connectivity index (χ1) is 28.2. The van der Waals surface area contributed by atoms with Crippen molar-refractivity contribution in [1.82, 2.24) is 5.32 Å². The second-order valence-corrected chi connectivity index (χ2v) is 18.3. The third-order valence-corrected chi connectivity index (χ3v) is 12.5. The molecule has 0 fully saturated rings. The number of carbonyl (C=O) groups excluding carboxylic acids is 1. The van der Waals surface area contributed by atoms with E-state index in [0.29, 0.717) is 12.8 Å². The fraction of sp³-hybridized carbons (Fsp3) is 0.943. The summed E-state index contributed by atoms with van der Waals surface area (Å²) in [6.07, 6.45) is 63.3. The number of unbranched alkanes of at least 4 members (excludes halogenated alkanes) is 40. The van der Waals surface area contributed by atoms with E-state index in [-0.39, 0.29) is 12.5 Å². The first kappa shape index (κ1) is 56.1. The van der Waals surface area contributed by atoms with Crippen LogP contribution in [0, 0.1) is 0 Å². The number of hydrogen-bond donors (Lipinski definition) is 3. The van der Waals surface area contributed by atoms with E-state index >= 15 is 0 Å².